The van der Waals surface area contributed by atoms with Gasteiger partial charge in [-0.2, -0.15) is 13.2 Å². The highest BCUT2D eigenvalue weighted by Crippen LogP contribution is 2.29. The van der Waals surface area contributed by atoms with Crippen molar-refractivity contribution in [1.82, 2.24) is 5.32 Å². The van der Waals surface area contributed by atoms with Gasteiger partial charge in [0.05, 0.1) is 5.56 Å². The number of nitrogens with one attached hydrogen (secondary N) is 1. The average molecular weight is 294 g/mol. The van der Waals surface area contributed by atoms with Crippen LogP contribution in [0.4, 0.5) is 13.2 Å². The molecule has 0 saturated heterocycles. The molecule has 1 nitrogen and oxygen atoms in total. The summed E-state index contributed by atoms with van der Waals surface area (Å²) in [5.41, 5.74) is -0.0203. The molecule has 0 amide bonds. The van der Waals surface area contributed by atoms with E-state index in [1.807, 2.05) is 0 Å². The second kappa shape index (κ2) is 5.50. The monoisotopic (exact) mass is 293 g/mol. The van der Waals surface area contributed by atoms with Gasteiger partial charge in [-0.25, -0.2) is 0 Å². The van der Waals surface area contributed by atoms with E-state index in [1.54, 1.807) is 6.07 Å². The Hall–Kier alpha value is -0.810. The second-order valence-corrected chi connectivity index (χ2v) is 4.44. The van der Waals surface area contributed by atoms with Gasteiger partial charge in [0, 0.05) is 17.6 Å². The van der Waals surface area contributed by atoms with Crippen LogP contribution >= 0.6 is 15.9 Å². The predicted molar refractivity (Wildman–Crippen MR) is 61.2 cm³/mol. The summed E-state index contributed by atoms with van der Waals surface area (Å²) >= 11 is 3.16. The highest BCUT2D eigenvalue weighted by atomic mass is 79.9. The van der Waals surface area contributed by atoms with Crippen molar-refractivity contribution < 1.29 is 13.2 Å². The Bertz CT molecular complexity index is 374. The van der Waals surface area contributed by atoms with Gasteiger partial charge < -0.3 is 5.32 Å². The zero-order valence-corrected chi connectivity index (χ0v) is 10.0. The maximum Gasteiger partial charge on any atom is 0.416 e. The second-order valence-electron chi connectivity index (χ2n) is 3.32. The molecule has 0 aromatic heterocycles. The summed E-state index contributed by atoms with van der Waals surface area (Å²) in [7, 11) is 0. The summed E-state index contributed by atoms with van der Waals surface area (Å²) in [6.07, 6.45) is -4.28. The van der Waals surface area contributed by atoms with Gasteiger partial charge in [0.25, 0.3) is 0 Å². The molecule has 1 rings (SSSR count). The van der Waals surface area contributed by atoms with E-state index >= 15 is 0 Å². The van der Waals surface area contributed by atoms with E-state index in [0.29, 0.717) is 18.7 Å². The maximum absolute atomic E-state index is 12.4. The van der Waals surface area contributed by atoms with Gasteiger partial charge in [-0.3, -0.25) is 0 Å². The fraction of sp³-hybridized carbons (Fsp3) is 0.273. The van der Waals surface area contributed by atoms with Crippen molar-refractivity contribution in [3.05, 3.63) is 46.5 Å². The number of alkyl halides is 3. The van der Waals surface area contributed by atoms with Gasteiger partial charge in [-0.05, 0) is 11.6 Å². The van der Waals surface area contributed by atoms with Crippen molar-refractivity contribution in [1.29, 1.82) is 0 Å². The molecule has 88 valence electrons. The molecule has 1 N–H and O–H groups in total. The number of halogens is 4. The Kier molecular flexibility index (Phi) is 4.56. The Balaban J connectivity index is 2.64. The van der Waals surface area contributed by atoms with Crippen LogP contribution in [0.2, 0.25) is 0 Å². The molecule has 0 aliphatic heterocycles. The summed E-state index contributed by atoms with van der Waals surface area (Å²) in [6.45, 7) is 4.52. The Morgan fingerprint density at radius 3 is 2.62 bits per heavy atom. The molecule has 1 aromatic rings. The molecule has 5 heteroatoms. The Labute approximate surface area is 100 Å². The van der Waals surface area contributed by atoms with E-state index in [2.05, 4.69) is 27.8 Å². The number of rotatable bonds is 4. The number of benzene rings is 1. The van der Waals surface area contributed by atoms with E-state index in [9.17, 15) is 13.2 Å². The van der Waals surface area contributed by atoms with Crippen LogP contribution in [0.5, 0.6) is 0 Å². The quantitative estimate of drug-likeness (QED) is 0.892. The van der Waals surface area contributed by atoms with E-state index in [0.717, 1.165) is 16.6 Å². The number of hydrogen-bond donors (Lipinski definition) is 1. The smallest absolute Gasteiger partial charge is 0.308 e. The van der Waals surface area contributed by atoms with Crippen LogP contribution in [0.25, 0.3) is 0 Å². The zero-order valence-electron chi connectivity index (χ0n) is 8.44. The third kappa shape index (κ3) is 4.37. The zero-order chi connectivity index (χ0) is 12.2. The highest BCUT2D eigenvalue weighted by molar-refractivity contribution is 9.11. The van der Waals surface area contributed by atoms with Gasteiger partial charge >= 0.3 is 6.18 Å². The Morgan fingerprint density at radius 1 is 1.38 bits per heavy atom. The van der Waals surface area contributed by atoms with Crippen molar-refractivity contribution in [3.63, 3.8) is 0 Å². The molecule has 0 fully saturated rings. The van der Waals surface area contributed by atoms with Gasteiger partial charge in [-0.15, -0.1) is 0 Å². The minimum Gasteiger partial charge on any atom is -0.308 e. The molecule has 0 heterocycles. The van der Waals surface area contributed by atoms with Crippen LogP contribution in [0.3, 0.4) is 0 Å². The lowest BCUT2D eigenvalue weighted by molar-refractivity contribution is -0.137. The minimum absolute atomic E-state index is 0.383. The highest BCUT2D eigenvalue weighted by Gasteiger charge is 2.30. The van der Waals surface area contributed by atoms with Gasteiger partial charge in [0.1, 0.15) is 0 Å². The molecule has 0 atom stereocenters. The first kappa shape index (κ1) is 13.3. The van der Waals surface area contributed by atoms with Crippen molar-refractivity contribution >= 4 is 15.9 Å². The Morgan fingerprint density at radius 2 is 2.06 bits per heavy atom. The molecule has 0 spiro atoms. The van der Waals surface area contributed by atoms with Crippen LogP contribution in [0.1, 0.15) is 11.1 Å². The molecule has 1 aromatic carbocycles. The van der Waals surface area contributed by atoms with E-state index in [-0.39, 0.29) is 0 Å². The van der Waals surface area contributed by atoms with Crippen LogP contribution in [-0.2, 0) is 12.7 Å². The van der Waals surface area contributed by atoms with Crippen molar-refractivity contribution in [2.45, 2.75) is 12.7 Å². The summed E-state index contributed by atoms with van der Waals surface area (Å²) in [5, 5.41) is 2.97. The van der Waals surface area contributed by atoms with Gasteiger partial charge in [0.15, 0.2) is 0 Å². The predicted octanol–water partition coefficient (Wildman–Crippen LogP) is 3.70. The third-order valence-electron chi connectivity index (χ3n) is 1.90. The molecular formula is C11H11BrF3N. The maximum atomic E-state index is 12.4. The van der Waals surface area contributed by atoms with Gasteiger partial charge in [-0.1, -0.05) is 40.7 Å². The first-order chi connectivity index (χ1) is 7.39. The molecule has 0 bridgehead atoms. The van der Waals surface area contributed by atoms with E-state index in [4.69, 9.17) is 0 Å². The molecule has 16 heavy (non-hydrogen) atoms. The lowest BCUT2D eigenvalue weighted by atomic mass is 10.1. The fourth-order valence-corrected chi connectivity index (χ4v) is 1.40. The SMILES string of the molecule is C=C(Br)CNCc1cccc(C(F)(F)F)c1. The first-order valence-corrected chi connectivity index (χ1v) is 5.39. The van der Waals surface area contributed by atoms with E-state index < -0.39 is 11.7 Å². The van der Waals surface area contributed by atoms with Crippen molar-refractivity contribution in [3.8, 4) is 0 Å². The number of hydrogen-bond acceptors (Lipinski definition) is 1. The molecule has 0 unspecified atom stereocenters. The third-order valence-corrected chi connectivity index (χ3v) is 2.18. The normalized spacial score (nSPS) is 11.5. The largest absolute Gasteiger partial charge is 0.416 e. The van der Waals surface area contributed by atoms with Crippen molar-refractivity contribution in [2.75, 3.05) is 6.54 Å². The lowest BCUT2D eigenvalue weighted by Crippen LogP contribution is -2.15. The van der Waals surface area contributed by atoms with Crippen LogP contribution in [0, 0.1) is 0 Å². The summed E-state index contributed by atoms with van der Waals surface area (Å²) in [5.74, 6) is 0. The molecule has 0 radical (unpaired) electrons. The summed E-state index contributed by atoms with van der Waals surface area (Å²) < 4.78 is 37.9. The molecule has 0 saturated carbocycles. The van der Waals surface area contributed by atoms with Gasteiger partial charge in [0.2, 0.25) is 0 Å². The molecule has 0 aliphatic rings. The van der Waals surface area contributed by atoms with E-state index in [1.165, 1.54) is 6.07 Å². The lowest BCUT2D eigenvalue weighted by Gasteiger charge is -2.09. The minimum atomic E-state index is -4.28. The summed E-state index contributed by atoms with van der Waals surface area (Å²) in [4.78, 5) is 0. The van der Waals surface area contributed by atoms with Crippen molar-refractivity contribution in [2.24, 2.45) is 0 Å². The van der Waals surface area contributed by atoms with Crippen LogP contribution in [-0.4, -0.2) is 6.54 Å². The average Bonchev–Trinajstić information content (AvgIpc) is 2.16. The first-order valence-electron chi connectivity index (χ1n) is 4.60. The van der Waals surface area contributed by atoms with Crippen LogP contribution in [0.15, 0.2) is 35.3 Å². The molecule has 0 aliphatic carbocycles. The standard InChI is InChI=1S/C11H11BrF3N/c1-8(12)6-16-7-9-3-2-4-10(5-9)11(13,14)15/h2-5,16H,1,6-7H2. The fourth-order valence-electron chi connectivity index (χ4n) is 1.20. The molecular weight excluding hydrogens is 283 g/mol. The topological polar surface area (TPSA) is 12.0 Å². The van der Waals surface area contributed by atoms with Crippen LogP contribution < -0.4 is 5.32 Å². The summed E-state index contributed by atoms with van der Waals surface area (Å²) in [6, 6.07) is 5.26.